The van der Waals surface area contributed by atoms with Crippen molar-refractivity contribution < 1.29 is 24.2 Å². The normalized spacial score (nSPS) is 16.0. The summed E-state index contributed by atoms with van der Waals surface area (Å²) in [5.74, 6) is -1.95. The van der Waals surface area contributed by atoms with E-state index in [0.717, 1.165) is 33.1 Å². The zero-order valence-corrected chi connectivity index (χ0v) is 15.7. The van der Waals surface area contributed by atoms with Gasteiger partial charge < -0.3 is 14.8 Å². The predicted molar refractivity (Wildman–Crippen MR) is 106 cm³/mol. The number of aliphatic carboxylic acids is 1. The van der Waals surface area contributed by atoms with Gasteiger partial charge in [-0.25, -0.2) is 4.79 Å². The van der Waals surface area contributed by atoms with Gasteiger partial charge in [0.2, 0.25) is 0 Å². The second-order valence-electron chi connectivity index (χ2n) is 5.54. The third-order valence-electron chi connectivity index (χ3n) is 3.83. The number of nitrogens with one attached hydrogen (secondary N) is 1. The number of benzene rings is 1. The van der Waals surface area contributed by atoms with Crippen molar-refractivity contribution in [1.29, 1.82) is 0 Å². The second kappa shape index (κ2) is 7.77. The summed E-state index contributed by atoms with van der Waals surface area (Å²) in [6, 6.07) is 5.19. The maximum Gasteiger partial charge on any atom is 0.337 e. The van der Waals surface area contributed by atoms with Gasteiger partial charge >= 0.3 is 11.9 Å². The number of amides is 1. The molecule has 9 heteroatoms. The summed E-state index contributed by atoms with van der Waals surface area (Å²) >= 11 is 6.11. The molecule has 2 aromatic rings. The maximum atomic E-state index is 12.2. The molecule has 2 heterocycles. The Bertz CT molecular complexity index is 1020. The summed E-state index contributed by atoms with van der Waals surface area (Å²) in [6.07, 6.45) is 6.89. The Balaban J connectivity index is 1.79. The van der Waals surface area contributed by atoms with Crippen molar-refractivity contribution in [1.82, 2.24) is 9.88 Å². The second-order valence-corrected chi connectivity index (χ2v) is 7.21. The van der Waals surface area contributed by atoms with Gasteiger partial charge in [-0.2, -0.15) is 0 Å². The predicted octanol–water partition coefficient (Wildman–Crippen LogP) is 2.80. The Hall–Kier alpha value is -2.91. The summed E-state index contributed by atoms with van der Waals surface area (Å²) in [6.45, 7) is -0.448. The number of allylic oxidation sites excluding steroid dienone is 2. The zero-order valence-electron chi connectivity index (χ0n) is 14.1. The van der Waals surface area contributed by atoms with E-state index >= 15 is 0 Å². The summed E-state index contributed by atoms with van der Waals surface area (Å²) in [7, 11) is 1.33. The van der Waals surface area contributed by atoms with E-state index in [0.29, 0.717) is 10.5 Å². The molecule has 3 rings (SSSR count). The fourth-order valence-electron chi connectivity index (χ4n) is 2.56. The molecule has 0 spiro atoms. The average Bonchev–Trinajstić information content (AvgIpc) is 3.16. The third kappa shape index (κ3) is 3.93. The molecule has 27 heavy (non-hydrogen) atoms. The number of carbonyl (C=O) groups excluding carboxylic acids is 2. The van der Waals surface area contributed by atoms with Crippen LogP contribution in [-0.4, -0.2) is 50.8 Å². The molecule has 2 N–H and O–H groups in total. The van der Waals surface area contributed by atoms with Crippen LogP contribution in [0.1, 0.15) is 15.9 Å². The summed E-state index contributed by atoms with van der Waals surface area (Å²) in [5.41, 5.74) is 2.11. The molecule has 0 bridgehead atoms. The number of rotatable bonds is 5. The highest BCUT2D eigenvalue weighted by Gasteiger charge is 2.32. The molecule has 7 nitrogen and oxygen atoms in total. The lowest BCUT2D eigenvalue weighted by molar-refractivity contribution is -0.140. The van der Waals surface area contributed by atoms with Crippen LogP contribution in [-0.2, 0) is 14.3 Å². The molecule has 1 aromatic carbocycles. The van der Waals surface area contributed by atoms with Gasteiger partial charge in [0.1, 0.15) is 10.9 Å². The van der Waals surface area contributed by atoms with E-state index in [9.17, 15) is 14.4 Å². The van der Waals surface area contributed by atoms with Crippen molar-refractivity contribution >= 4 is 63.1 Å². The minimum absolute atomic E-state index is 0.226. The molecule has 1 aliphatic rings. The highest BCUT2D eigenvalue weighted by atomic mass is 32.2. The largest absolute Gasteiger partial charge is 0.480 e. The Labute approximate surface area is 163 Å². The lowest BCUT2D eigenvalue weighted by Crippen LogP contribution is -2.33. The van der Waals surface area contributed by atoms with E-state index in [1.165, 1.54) is 7.11 Å². The van der Waals surface area contributed by atoms with Crippen molar-refractivity contribution in [3.8, 4) is 0 Å². The Morgan fingerprint density at radius 2 is 2.19 bits per heavy atom. The number of ether oxygens (including phenoxy) is 1. The summed E-state index contributed by atoms with van der Waals surface area (Å²) < 4.78 is 4.93. The van der Waals surface area contributed by atoms with Crippen LogP contribution in [0, 0.1) is 0 Å². The topological polar surface area (TPSA) is 99.7 Å². The van der Waals surface area contributed by atoms with Gasteiger partial charge in [-0.05, 0) is 23.8 Å². The van der Waals surface area contributed by atoms with Gasteiger partial charge in [0.05, 0.1) is 17.6 Å². The molecule has 1 amide bonds. The van der Waals surface area contributed by atoms with E-state index in [1.54, 1.807) is 36.6 Å². The molecule has 1 saturated heterocycles. The lowest BCUT2D eigenvalue weighted by atomic mass is 10.1. The van der Waals surface area contributed by atoms with Crippen molar-refractivity contribution in [3.05, 3.63) is 52.6 Å². The van der Waals surface area contributed by atoms with Gasteiger partial charge in [0.25, 0.3) is 5.91 Å². The summed E-state index contributed by atoms with van der Waals surface area (Å²) in [5, 5.41) is 9.75. The number of thiocarbonyl (C=S) groups is 1. The van der Waals surface area contributed by atoms with E-state index in [4.69, 9.17) is 22.1 Å². The first-order valence-corrected chi connectivity index (χ1v) is 8.96. The average molecular weight is 402 g/mol. The van der Waals surface area contributed by atoms with Gasteiger partial charge in [0, 0.05) is 17.1 Å². The smallest absolute Gasteiger partial charge is 0.337 e. The first-order chi connectivity index (χ1) is 12.9. The first kappa shape index (κ1) is 18.9. The van der Waals surface area contributed by atoms with E-state index in [2.05, 4.69) is 4.98 Å². The lowest BCUT2D eigenvalue weighted by Gasteiger charge is -2.09. The highest BCUT2D eigenvalue weighted by molar-refractivity contribution is 8.26. The number of esters is 1. The number of aromatic amines is 1. The third-order valence-corrected chi connectivity index (χ3v) is 5.22. The number of carboxylic acid groups (broad SMARTS) is 1. The molecule has 0 radical (unpaired) electrons. The number of fused-ring (bicyclic) bond motifs is 1. The van der Waals surface area contributed by atoms with Crippen molar-refractivity contribution in [2.24, 2.45) is 0 Å². The Kier molecular flexibility index (Phi) is 5.43. The van der Waals surface area contributed by atoms with Crippen LogP contribution in [0.15, 0.2) is 41.5 Å². The quantitative estimate of drug-likeness (QED) is 0.451. The van der Waals surface area contributed by atoms with Crippen molar-refractivity contribution in [3.63, 3.8) is 0 Å². The molecule has 0 atom stereocenters. The number of thioether (sulfide) groups is 1. The maximum absolute atomic E-state index is 12.2. The van der Waals surface area contributed by atoms with Crippen LogP contribution in [0.3, 0.4) is 0 Å². The molecule has 1 fully saturated rings. The molecular formula is C18H14N2O5S2. The molecule has 0 saturated carbocycles. The standard InChI is InChI=1S/C18H14N2O5S2/c1-25-17(24)10-5-6-12-11(8-19-13(12)7-10)3-2-4-14-16(23)20(9-15(21)22)18(26)27-14/h2-8,19H,9H2,1H3,(H,21,22). The van der Waals surface area contributed by atoms with E-state index < -0.39 is 24.4 Å². The van der Waals surface area contributed by atoms with E-state index in [-0.39, 0.29) is 4.32 Å². The first-order valence-electron chi connectivity index (χ1n) is 7.74. The monoisotopic (exact) mass is 402 g/mol. The fourth-order valence-corrected chi connectivity index (χ4v) is 3.76. The van der Waals surface area contributed by atoms with Gasteiger partial charge in [-0.15, -0.1) is 0 Å². The number of carboxylic acids is 1. The van der Waals surface area contributed by atoms with Gasteiger partial charge in [-0.1, -0.05) is 42.2 Å². The molecule has 1 aliphatic heterocycles. The minimum atomic E-state index is -1.12. The number of H-pyrrole nitrogens is 1. The fraction of sp³-hybridized carbons (Fsp3) is 0.111. The summed E-state index contributed by atoms with van der Waals surface area (Å²) in [4.78, 5) is 39.1. The molecule has 0 unspecified atom stereocenters. The van der Waals surface area contributed by atoms with Crippen LogP contribution in [0.4, 0.5) is 0 Å². The van der Waals surface area contributed by atoms with Crippen LogP contribution in [0.5, 0.6) is 0 Å². The molecular weight excluding hydrogens is 388 g/mol. The Morgan fingerprint density at radius 1 is 1.41 bits per heavy atom. The SMILES string of the molecule is COC(=O)c1ccc2c(C=CC=C3SC(=S)N(CC(=O)O)C3=O)c[nH]c2c1. The van der Waals surface area contributed by atoms with Crippen LogP contribution < -0.4 is 0 Å². The van der Waals surface area contributed by atoms with Gasteiger partial charge in [-0.3, -0.25) is 14.5 Å². The number of nitrogens with zero attached hydrogens (tertiary/aromatic N) is 1. The van der Waals surface area contributed by atoms with Crippen LogP contribution >= 0.6 is 24.0 Å². The van der Waals surface area contributed by atoms with Gasteiger partial charge in [0.15, 0.2) is 0 Å². The Morgan fingerprint density at radius 3 is 2.89 bits per heavy atom. The van der Waals surface area contributed by atoms with E-state index in [1.807, 2.05) is 6.07 Å². The molecule has 1 aromatic heterocycles. The van der Waals surface area contributed by atoms with Crippen molar-refractivity contribution in [2.75, 3.05) is 13.7 Å². The molecule has 138 valence electrons. The molecule has 0 aliphatic carbocycles. The van der Waals surface area contributed by atoms with Crippen LogP contribution in [0.2, 0.25) is 0 Å². The number of hydrogen-bond acceptors (Lipinski definition) is 6. The number of methoxy groups -OCH3 is 1. The number of aromatic nitrogens is 1. The number of hydrogen-bond donors (Lipinski definition) is 2. The number of carbonyl (C=O) groups is 3. The highest BCUT2D eigenvalue weighted by Crippen LogP contribution is 2.31. The minimum Gasteiger partial charge on any atom is -0.480 e. The zero-order chi connectivity index (χ0) is 19.6. The van der Waals surface area contributed by atoms with Crippen molar-refractivity contribution in [2.45, 2.75) is 0 Å². The van der Waals surface area contributed by atoms with Crippen LogP contribution in [0.25, 0.3) is 17.0 Å².